The second-order valence-electron chi connectivity index (χ2n) is 6.91. The van der Waals surface area contributed by atoms with Crippen molar-refractivity contribution in [3.63, 3.8) is 0 Å². The average molecular weight is 436 g/mol. The summed E-state index contributed by atoms with van der Waals surface area (Å²) in [6, 6.07) is 17.2. The highest BCUT2D eigenvalue weighted by Crippen LogP contribution is 2.23. The van der Waals surface area contributed by atoms with Crippen LogP contribution in [0.15, 0.2) is 65.9 Å². The molecule has 3 rings (SSSR count). The Kier molecular flexibility index (Phi) is 7.61. The van der Waals surface area contributed by atoms with Gasteiger partial charge in [-0.25, -0.2) is 9.98 Å². The molecule has 1 amide bonds. The zero-order valence-corrected chi connectivity index (χ0v) is 18.6. The van der Waals surface area contributed by atoms with Gasteiger partial charge < -0.3 is 15.2 Å². The maximum absolute atomic E-state index is 12.9. The number of hydrogen-bond donors (Lipinski definition) is 2. The van der Waals surface area contributed by atoms with Crippen molar-refractivity contribution >= 4 is 45.8 Å². The minimum absolute atomic E-state index is 0.0555. The van der Waals surface area contributed by atoms with Gasteiger partial charge in [0.1, 0.15) is 5.78 Å². The van der Waals surface area contributed by atoms with Crippen LogP contribution >= 0.6 is 11.8 Å². The number of aliphatic imine (C=N–C) groups is 1. The second-order valence-corrected chi connectivity index (χ2v) is 8.16. The van der Waals surface area contributed by atoms with Gasteiger partial charge in [0.25, 0.3) is 5.91 Å². The van der Waals surface area contributed by atoms with Crippen LogP contribution in [0.4, 0.5) is 17.2 Å². The van der Waals surface area contributed by atoms with Gasteiger partial charge in [0.05, 0.1) is 12.9 Å². The van der Waals surface area contributed by atoms with E-state index in [1.165, 1.54) is 25.0 Å². The van der Waals surface area contributed by atoms with Crippen molar-refractivity contribution in [2.45, 2.75) is 27.3 Å². The smallest absolute Gasteiger partial charge is 0.278 e. The van der Waals surface area contributed by atoms with Gasteiger partial charge in [-0.15, -0.1) is 0 Å². The molecule has 0 saturated heterocycles. The van der Waals surface area contributed by atoms with Gasteiger partial charge in [0.15, 0.2) is 16.7 Å². The maximum Gasteiger partial charge on any atom is 0.278 e. The molecule has 0 aliphatic carbocycles. The summed E-state index contributed by atoms with van der Waals surface area (Å²) in [6.45, 7) is 5.57. The molecular weight excluding hydrogens is 410 g/mol. The highest BCUT2D eigenvalue weighted by molar-refractivity contribution is 8.14. The summed E-state index contributed by atoms with van der Waals surface area (Å²) < 4.78 is 1.59. The molecule has 160 valence electrons. The third-order valence-corrected chi connectivity index (χ3v) is 5.00. The number of rotatable bonds is 7. The minimum Gasteiger partial charge on any atom is -0.335 e. The molecule has 2 aromatic carbocycles. The number of aromatic nitrogens is 2. The summed E-state index contributed by atoms with van der Waals surface area (Å²) in [7, 11) is 0. The van der Waals surface area contributed by atoms with Crippen LogP contribution in [-0.2, 0) is 11.3 Å². The number of anilines is 2. The van der Waals surface area contributed by atoms with Crippen molar-refractivity contribution in [1.29, 1.82) is 0 Å². The van der Waals surface area contributed by atoms with E-state index in [1.807, 2.05) is 68.4 Å². The number of Topliss-reactive ketones (excluding diaryl/α,β-unsaturated/α-hetero) is 1. The van der Waals surface area contributed by atoms with Crippen LogP contribution in [-0.4, -0.2) is 32.2 Å². The predicted octanol–water partition coefficient (Wildman–Crippen LogP) is 4.89. The number of para-hydroxylation sites is 1. The van der Waals surface area contributed by atoms with E-state index in [0.29, 0.717) is 16.7 Å². The van der Waals surface area contributed by atoms with Gasteiger partial charge in [0.2, 0.25) is 0 Å². The van der Waals surface area contributed by atoms with E-state index >= 15 is 0 Å². The molecule has 0 fully saturated rings. The molecule has 7 nitrogen and oxygen atoms in total. The SMILES string of the molecule is CCS/C(=N\c1c(C(=O)Nc2ccc(C)cc2)ncn1CC(C)=O)Nc1ccccc1. The Morgan fingerprint density at radius 3 is 2.35 bits per heavy atom. The van der Waals surface area contributed by atoms with Crippen molar-refractivity contribution in [2.75, 3.05) is 16.4 Å². The lowest BCUT2D eigenvalue weighted by atomic mass is 10.2. The number of imidazole rings is 1. The van der Waals surface area contributed by atoms with E-state index in [1.54, 1.807) is 4.57 Å². The van der Waals surface area contributed by atoms with E-state index in [2.05, 4.69) is 20.6 Å². The number of nitrogens with zero attached hydrogens (tertiary/aromatic N) is 3. The normalized spacial score (nSPS) is 11.3. The fourth-order valence-electron chi connectivity index (χ4n) is 2.81. The number of thioether (sulfide) groups is 1. The number of carbonyl (C=O) groups is 2. The van der Waals surface area contributed by atoms with Gasteiger partial charge in [-0.3, -0.25) is 9.59 Å². The first kappa shape index (κ1) is 22.3. The first-order chi connectivity index (χ1) is 15.0. The average Bonchev–Trinajstić information content (AvgIpc) is 3.12. The van der Waals surface area contributed by atoms with Crippen LogP contribution in [0.3, 0.4) is 0 Å². The number of carbonyl (C=O) groups excluding carboxylic acids is 2. The van der Waals surface area contributed by atoms with Gasteiger partial charge >= 0.3 is 0 Å². The third kappa shape index (κ3) is 6.29. The number of ketones is 1. The minimum atomic E-state index is -0.384. The Morgan fingerprint density at radius 1 is 1.03 bits per heavy atom. The Morgan fingerprint density at radius 2 is 1.71 bits per heavy atom. The quantitative estimate of drug-likeness (QED) is 0.408. The van der Waals surface area contributed by atoms with Crippen molar-refractivity contribution in [3.05, 3.63) is 72.2 Å². The molecule has 0 aliphatic rings. The van der Waals surface area contributed by atoms with E-state index in [0.717, 1.165) is 17.0 Å². The second kappa shape index (κ2) is 10.6. The summed E-state index contributed by atoms with van der Waals surface area (Å²) in [6.07, 6.45) is 1.47. The highest BCUT2D eigenvalue weighted by Gasteiger charge is 2.20. The fourth-order valence-corrected chi connectivity index (χ4v) is 3.42. The number of aryl methyl sites for hydroxylation is 1. The number of amidine groups is 1. The van der Waals surface area contributed by atoms with Crippen molar-refractivity contribution in [3.8, 4) is 0 Å². The van der Waals surface area contributed by atoms with Gasteiger partial charge in [-0.05, 0) is 43.9 Å². The van der Waals surface area contributed by atoms with E-state index in [-0.39, 0.29) is 23.9 Å². The summed E-state index contributed by atoms with van der Waals surface area (Å²) in [5, 5.41) is 6.74. The van der Waals surface area contributed by atoms with Crippen molar-refractivity contribution < 1.29 is 9.59 Å². The van der Waals surface area contributed by atoms with E-state index in [4.69, 9.17) is 0 Å². The van der Waals surface area contributed by atoms with Crippen molar-refractivity contribution in [1.82, 2.24) is 9.55 Å². The molecule has 0 radical (unpaired) electrons. The molecule has 0 aliphatic heterocycles. The molecular formula is C23H25N5O2S. The highest BCUT2D eigenvalue weighted by atomic mass is 32.2. The van der Waals surface area contributed by atoms with E-state index < -0.39 is 0 Å². The fraction of sp³-hybridized carbons (Fsp3) is 0.217. The van der Waals surface area contributed by atoms with Crippen LogP contribution in [0, 0.1) is 6.92 Å². The molecule has 0 atom stereocenters. The summed E-state index contributed by atoms with van der Waals surface area (Å²) in [5.41, 5.74) is 2.80. The lowest BCUT2D eigenvalue weighted by Gasteiger charge is -2.11. The van der Waals surface area contributed by atoms with Gasteiger partial charge in [-0.2, -0.15) is 0 Å². The van der Waals surface area contributed by atoms with Crippen LogP contribution in [0.2, 0.25) is 0 Å². The Bertz CT molecular complexity index is 1080. The molecule has 1 heterocycles. The monoisotopic (exact) mass is 435 g/mol. The molecule has 0 bridgehead atoms. The standard InChI is InChI=1S/C23H25N5O2S/c1-4-31-23(26-18-8-6-5-7-9-18)27-21-20(24-15-28(21)14-17(3)29)22(30)25-19-12-10-16(2)11-13-19/h5-13,15H,4,14H2,1-3H3,(H,25,30)(H,26,27). The Balaban J connectivity index is 1.95. The zero-order valence-electron chi connectivity index (χ0n) is 17.8. The molecule has 31 heavy (non-hydrogen) atoms. The Hall–Kier alpha value is -3.39. The molecule has 1 aromatic heterocycles. The van der Waals surface area contributed by atoms with Gasteiger partial charge in [0, 0.05) is 11.4 Å². The molecule has 0 saturated carbocycles. The largest absolute Gasteiger partial charge is 0.335 e. The number of hydrogen-bond acceptors (Lipinski definition) is 5. The summed E-state index contributed by atoms with van der Waals surface area (Å²) in [5.74, 6) is 0.675. The molecule has 2 N–H and O–H groups in total. The zero-order chi connectivity index (χ0) is 22.2. The summed E-state index contributed by atoms with van der Waals surface area (Å²) in [4.78, 5) is 33.6. The predicted molar refractivity (Wildman–Crippen MR) is 127 cm³/mol. The van der Waals surface area contributed by atoms with Crippen LogP contribution in [0.1, 0.15) is 29.9 Å². The first-order valence-corrected chi connectivity index (χ1v) is 10.9. The van der Waals surface area contributed by atoms with E-state index in [9.17, 15) is 9.59 Å². The van der Waals surface area contributed by atoms with Crippen LogP contribution in [0.25, 0.3) is 0 Å². The lowest BCUT2D eigenvalue weighted by Crippen LogP contribution is -2.15. The molecule has 8 heteroatoms. The number of amides is 1. The molecule has 0 unspecified atom stereocenters. The van der Waals surface area contributed by atoms with Crippen LogP contribution < -0.4 is 10.6 Å². The molecule has 3 aromatic rings. The maximum atomic E-state index is 12.9. The summed E-state index contributed by atoms with van der Waals surface area (Å²) >= 11 is 1.50. The van der Waals surface area contributed by atoms with Crippen molar-refractivity contribution in [2.24, 2.45) is 4.99 Å². The van der Waals surface area contributed by atoms with Crippen LogP contribution in [0.5, 0.6) is 0 Å². The van der Waals surface area contributed by atoms with Gasteiger partial charge in [-0.1, -0.05) is 54.6 Å². The first-order valence-electron chi connectivity index (χ1n) is 9.92. The topological polar surface area (TPSA) is 88.4 Å². The Labute approximate surface area is 186 Å². The lowest BCUT2D eigenvalue weighted by molar-refractivity contribution is -0.117. The third-order valence-electron chi connectivity index (χ3n) is 4.24. The molecule has 0 spiro atoms. The number of nitrogens with one attached hydrogen (secondary N) is 2. The number of benzene rings is 2.